The summed E-state index contributed by atoms with van der Waals surface area (Å²) >= 11 is 0. The molecular formula is C25H25NO7. The van der Waals surface area contributed by atoms with E-state index in [9.17, 15) is 4.79 Å². The van der Waals surface area contributed by atoms with E-state index in [0.29, 0.717) is 36.2 Å². The summed E-state index contributed by atoms with van der Waals surface area (Å²) in [5.41, 5.74) is 2.46. The van der Waals surface area contributed by atoms with Crippen LogP contribution in [-0.2, 0) is 16.1 Å². The van der Waals surface area contributed by atoms with Crippen molar-refractivity contribution >= 4 is 12.0 Å². The smallest absolute Gasteiger partial charge is 0.330 e. The largest absolute Gasteiger partial charge is 0.493 e. The Morgan fingerprint density at radius 3 is 2.73 bits per heavy atom. The third-order valence-corrected chi connectivity index (χ3v) is 5.13. The molecule has 0 saturated carbocycles. The lowest BCUT2D eigenvalue weighted by Gasteiger charge is -2.25. The van der Waals surface area contributed by atoms with Gasteiger partial charge in [-0.15, -0.1) is 0 Å². The standard InChI is InChI=1S/C25H25NO7/c1-16-20(17(2)33-26-16)15-30-22-10-8-18(12-24(22)28-3)9-11-25(27)31-14-19-13-29-21-6-4-5-7-23(21)32-19/h4-12,19H,13-15H2,1-3H3/b11-9+. The molecule has 0 N–H and O–H groups in total. The van der Waals surface area contributed by atoms with Crippen molar-refractivity contribution in [1.82, 2.24) is 5.16 Å². The first kappa shape index (κ1) is 22.3. The molecule has 172 valence electrons. The number of aromatic nitrogens is 1. The molecule has 2 aromatic carbocycles. The summed E-state index contributed by atoms with van der Waals surface area (Å²) in [6.07, 6.45) is 2.65. The number of fused-ring (bicyclic) bond motifs is 1. The van der Waals surface area contributed by atoms with E-state index in [1.807, 2.05) is 44.2 Å². The quantitative estimate of drug-likeness (QED) is 0.370. The van der Waals surface area contributed by atoms with Crippen LogP contribution >= 0.6 is 0 Å². The lowest BCUT2D eigenvalue weighted by molar-refractivity contribution is -0.140. The number of carbonyl (C=O) groups is 1. The first-order chi connectivity index (χ1) is 16.0. The maximum absolute atomic E-state index is 12.1. The molecule has 0 amide bonds. The molecule has 8 heteroatoms. The summed E-state index contributed by atoms with van der Waals surface area (Å²) in [7, 11) is 1.56. The summed E-state index contributed by atoms with van der Waals surface area (Å²) in [6, 6.07) is 12.8. The van der Waals surface area contributed by atoms with Gasteiger partial charge in [0, 0.05) is 6.08 Å². The Morgan fingerprint density at radius 2 is 1.97 bits per heavy atom. The van der Waals surface area contributed by atoms with Gasteiger partial charge in [0.05, 0.1) is 18.4 Å². The highest BCUT2D eigenvalue weighted by molar-refractivity contribution is 5.87. The number of rotatable bonds is 8. The number of hydrogen-bond donors (Lipinski definition) is 0. The van der Waals surface area contributed by atoms with Crippen molar-refractivity contribution in [2.75, 3.05) is 20.3 Å². The minimum atomic E-state index is -0.477. The zero-order valence-corrected chi connectivity index (χ0v) is 18.7. The number of ether oxygens (including phenoxy) is 5. The molecule has 0 bridgehead atoms. The molecule has 0 saturated heterocycles. The average molecular weight is 451 g/mol. The topological polar surface area (TPSA) is 89.3 Å². The number of methoxy groups -OCH3 is 1. The molecule has 1 aliphatic rings. The van der Waals surface area contributed by atoms with Gasteiger partial charge in [0.25, 0.3) is 0 Å². The van der Waals surface area contributed by atoms with Crippen molar-refractivity contribution in [2.24, 2.45) is 0 Å². The molecule has 0 spiro atoms. The van der Waals surface area contributed by atoms with Crippen molar-refractivity contribution in [3.63, 3.8) is 0 Å². The lowest BCUT2D eigenvalue weighted by Crippen LogP contribution is -2.34. The number of nitrogens with zero attached hydrogens (tertiary/aromatic N) is 1. The van der Waals surface area contributed by atoms with E-state index in [1.165, 1.54) is 6.08 Å². The highest BCUT2D eigenvalue weighted by Crippen LogP contribution is 2.31. The molecule has 2 heterocycles. The average Bonchev–Trinajstić information content (AvgIpc) is 3.17. The second-order valence-electron chi connectivity index (χ2n) is 7.46. The van der Waals surface area contributed by atoms with E-state index in [4.69, 9.17) is 28.2 Å². The fraction of sp³-hybridized carbons (Fsp3) is 0.280. The van der Waals surface area contributed by atoms with E-state index in [-0.39, 0.29) is 12.7 Å². The predicted octanol–water partition coefficient (Wildman–Crippen LogP) is 4.28. The van der Waals surface area contributed by atoms with E-state index in [1.54, 1.807) is 25.3 Å². The molecule has 1 atom stereocenters. The second kappa shape index (κ2) is 10.1. The first-order valence-corrected chi connectivity index (χ1v) is 10.5. The zero-order valence-electron chi connectivity index (χ0n) is 18.7. The Balaban J connectivity index is 1.30. The summed E-state index contributed by atoms with van der Waals surface area (Å²) in [5, 5.41) is 3.93. The van der Waals surface area contributed by atoms with Crippen molar-refractivity contribution in [3.05, 3.63) is 71.1 Å². The van der Waals surface area contributed by atoms with E-state index in [2.05, 4.69) is 5.16 Å². The van der Waals surface area contributed by atoms with Crippen molar-refractivity contribution in [3.8, 4) is 23.0 Å². The van der Waals surface area contributed by atoms with Gasteiger partial charge < -0.3 is 28.2 Å². The molecule has 1 aromatic heterocycles. The number of para-hydroxylation sites is 2. The molecule has 3 aromatic rings. The molecule has 0 aliphatic carbocycles. The highest BCUT2D eigenvalue weighted by atomic mass is 16.6. The van der Waals surface area contributed by atoms with Gasteiger partial charge in [-0.3, -0.25) is 0 Å². The van der Waals surface area contributed by atoms with E-state index < -0.39 is 5.97 Å². The number of carbonyl (C=O) groups excluding carboxylic acids is 1. The van der Waals surface area contributed by atoms with E-state index in [0.717, 1.165) is 22.6 Å². The lowest BCUT2D eigenvalue weighted by atomic mass is 10.2. The van der Waals surface area contributed by atoms with Crippen molar-refractivity contribution in [1.29, 1.82) is 0 Å². The Labute approximate surface area is 191 Å². The molecule has 1 aliphatic heterocycles. The van der Waals surface area contributed by atoms with Crippen LogP contribution in [0.2, 0.25) is 0 Å². The Bertz CT molecular complexity index is 1130. The molecule has 33 heavy (non-hydrogen) atoms. The summed E-state index contributed by atoms with van der Waals surface area (Å²) in [4.78, 5) is 12.1. The van der Waals surface area contributed by atoms with Crippen LogP contribution in [0, 0.1) is 13.8 Å². The Hall–Kier alpha value is -3.94. The third-order valence-electron chi connectivity index (χ3n) is 5.13. The van der Waals surface area contributed by atoms with Gasteiger partial charge >= 0.3 is 5.97 Å². The van der Waals surface area contributed by atoms with Gasteiger partial charge in [-0.1, -0.05) is 23.4 Å². The number of benzene rings is 2. The monoisotopic (exact) mass is 451 g/mol. The van der Waals surface area contributed by atoms with Gasteiger partial charge in [0.1, 0.15) is 25.6 Å². The van der Waals surface area contributed by atoms with Crippen LogP contribution in [0.1, 0.15) is 22.6 Å². The highest BCUT2D eigenvalue weighted by Gasteiger charge is 2.21. The summed E-state index contributed by atoms with van der Waals surface area (Å²) in [6.45, 7) is 4.44. The van der Waals surface area contributed by atoms with Gasteiger partial charge in [0.15, 0.2) is 29.1 Å². The van der Waals surface area contributed by atoms with Crippen LogP contribution in [0.15, 0.2) is 53.1 Å². The molecule has 0 fully saturated rings. The summed E-state index contributed by atoms with van der Waals surface area (Å²) in [5.74, 6) is 2.70. The first-order valence-electron chi connectivity index (χ1n) is 10.5. The van der Waals surface area contributed by atoms with Crippen LogP contribution in [0.5, 0.6) is 23.0 Å². The van der Waals surface area contributed by atoms with Gasteiger partial charge in [-0.25, -0.2) is 4.79 Å². The number of hydrogen-bond acceptors (Lipinski definition) is 8. The molecule has 0 radical (unpaired) electrons. The maximum atomic E-state index is 12.1. The van der Waals surface area contributed by atoms with Gasteiger partial charge in [0.2, 0.25) is 0 Å². The normalized spacial score (nSPS) is 14.8. The minimum absolute atomic E-state index is 0.0926. The Morgan fingerprint density at radius 1 is 1.15 bits per heavy atom. The zero-order chi connectivity index (χ0) is 23.2. The van der Waals surface area contributed by atoms with Crippen LogP contribution < -0.4 is 18.9 Å². The van der Waals surface area contributed by atoms with Crippen LogP contribution in [-0.4, -0.2) is 37.6 Å². The maximum Gasteiger partial charge on any atom is 0.330 e. The fourth-order valence-corrected chi connectivity index (χ4v) is 3.30. The van der Waals surface area contributed by atoms with Crippen LogP contribution in [0.25, 0.3) is 6.08 Å². The molecule has 8 nitrogen and oxygen atoms in total. The van der Waals surface area contributed by atoms with Crippen molar-refractivity contribution in [2.45, 2.75) is 26.6 Å². The van der Waals surface area contributed by atoms with Crippen molar-refractivity contribution < 1.29 is 33.0 Å². The number of aryl methyl sites for hydroxylation is 2. The molecule has 4 rings (SSSR count). The Kier molecular flexibility index (Phi) is 6.83. The van der Waals surface area contributed by atoms with Crippen LogP contribution in [0.3, 0.4) is 0 Å². The SMILES string of the molecule is COc1cc(/C=C/C(=O)OCC2COc3ccccc3O2)ccc1OCc1c(C)noc1C. The third kappa shape index (κ3) is 5.46. The summed E-state index contributed by atoms with van der Waals surface area (Å²) < 4.78 is 33.2. The van der Waals surface area contributed by atoms with E-state index >= 15 is 0 Å². The second-order valence-corrected chi connectivity index (χ2v) is 7.46. The molecule has 1 unspecified atom stereocenters. The molecular weight excluding hydrogens is 426 g/mol. The predicted molar refractivity (Wildman–Crippen MR) is 120 cm³/mol. The fourth-order valence-electron chi connectivity index (χ4n) is 3.30. The van der Waals surface area contributed by atoms with Crippen LogP contribution in [0.4, 0.5) is 0 Å². The number of esters is 1. The van der Waals surface area contributed by atoms with Gasteiger partial charge in [-0.2, -0.15) is 0 Å². The van der Waals surface area contributed by atoms with Gasteiger partial charge in [-0.05, 0) is 49.8 Å². The minimum Gasteiger partial charge on any atom is -0.493 e.